The van der Waals surface area contributed by atoms with Crippen LogP contribution < -0.4 is 14.8 Å². The van der Waals surface area contributed by atoms with E-state index in [1.54, 1.807) is 0 Å². The molecule has 1 aromatic rings. The zero-order valence-electron chi connectivity index (χ0n) is 11.4. The molecule has 1 aromatic carbocycles. The van der Waals surface area contributed by atoms with Gasteiger partial charge in [0.1, 0.15) is 0 Å². The maximum Gasteiger partial charge on any atom is 0.161 e. The number of fused-ring (bicyclic) bond motifs is 1. The molecule has 0 fully saturated rings. The first-order valence-electron chi connectivity index (χ1n) is 7.10. The molecule has 0 atom stereocenters. The first-order valence-corrected chi connectivity index (χ1v) is 7.10. The topological polar surface area (TPSA) is 50.7 Å². The van der Waals surface area contributed by atoms with E-state index < -0.39 is 0 Å². The molecule has 0 aliphatic carbocycles. The molecule has 0 aromatic heterocycles. The van der Waals surface area contributed by atoms with Crippen molar-refractivity contribution in [2.24, 2.45) is 0 Å². The quantitative estimate of drug-likeness (QED) is 0.738. The van der Waals surface area contributed by atoms with Crippen LogP contribution in [0.2, 0.25) is 0 Å². The second-order valence-electron chi connectivity index (χ2n) is 4.76. The van der Waals surface area contributed by atoms with E-state index in [0.29, 0.717) is 0 Å². The minimum absolute atomic E-state index is 0.282. The number of hydrogen-bond acceptors (Lipinski definition) is 4. The van der Waals surface area contributed by atoms with Crippen molar-refractivity contribution in [1.82, 2.24) is 5.32 Å². The summed E-state index contributed by atoms with van der Waals surface area (Å²) in [5.74, 6) is 1.73. The Morgan fingerprint density at radius 3 is 2.74 bits per heavy atom. The van der Waals surface area contributed by atoms with Crippen molar-refractivity contribution in [3.63, 3.8) is 0 Å². The van der Waals surface area contributed by atoms with Crippen LogP contribution in [0.15, 0.2) is 18.2 Å². The van der Waals surface area contributed by atoms with Crippen molar-refractivity contribution in [1.29, 1.82) is 0 Å². The molecule has 0 saturated carbocycles. The summed E-state index contributed by atoms with van der Waals surface area (Å²) in [5.41, 5.74) is 1.26. The first-order chi connectivity index (χ1) is 9.40. The van der Waals surface area contributed by atoms with Crippen LogP contribution in [0.5, 0.6) is 11.5 Å². The first kappa shape index (κ1) is 14.2. The lowest BCUT2D eigenvalue weighted by atomic mass is 10.1. The fourth-order valence-electron chi connectivity index (χ4n) is 2.08. The van der Waals surface area contributed by atoms with Crippen LogP contribution in [0.25, 0.3) is 0 Å². The molecular weight excluding hydrogens is 242 g/mol. The fraction of sp³-hybridized carbons (Fsp3) is 0.600. The average molecular weight is 265 g/mol. The third kappa shape index (κ3) is 4.73. The second-order valence-corrected chi connectivity index (χ2v) is 4.76. The lowest BCUT2D eigenvalue weighted by Crippen LogP contribution is -2.18. The predicted octanol–water partition coefficient (Wildman–Crippen LogP) is 1.75. The van der Waals surface area contributed by atoms with Gasteiger partial charge in [0.25, 0.3) is 0 Å². The summed E-state index contributed by atoms with van der Waals surface area (Å²) in [5, 5.41) is 12.1. The number of nitrogens with one attached hydrogen (secondary N) is 1. The number of unbranched alkanes of at least 4 members (excludes halogenated alkanes) is 1. The molecule has 1 aliphatic heterocycles. The van der Waals surface area contributed by atoms with E-state index in [9.17, 15) is 0 Å². The van der Waals surface area contributed by atoms with Crippen molar-refractivity contribution in [3.8, 4) is 11.5 Å². The highest BCUT2D eigenvalue weighted by molar-refractivity contribution is 5.43. The van der Waals surface area contributed by atoms with Crippen LogP contribution in [0.3, 0.4) is 0 Å². The summed E-state index contributed by atoms with van der Waals surface area (Å²) in [6, 6.07) is 6.18. The lowest BCUT2D eigenvalue weighted by Gasteiger charge is -2.09. The van der Waals surface area contributed by atoms with Crippen molar-refractivity contribution in [2.75, 3.05) is 32.9 Å². The molecule has 1 heterocycles. The minimum atomic E-state index is 0.282. The standard InChI is InChI=1S/C15H23NO3/c17-9-2-1-7-16-8-6-13-4-5-14-15(12-13)19-11-3-10-18-14/h4-5,12,16-17H,1-3,6-11H2. The van der Waals surface area contributed by atoms with Gasteiger partial charge in [-0.3, -0.25) is 0 Å². The third-order valence-corrected chi connectivity index (χ3v) is 3.16. The van der Waals surface area contributed by atoms with Crippen LogP contribution in [-0.4, -0.2) is 38.0 Å². The third-order valence-electron chi connectivity index (χ3n) is 3.16. The molecule has 0 saturated heterocycles. The van der Waals surface area contributed by atoms with E-state index in [-0.39, 0.29) is 6.61 Å². The zero-order chi connectivity index (χ0) is 13.3. The van der Waals surface area contributed by atoms with Gasteiger partial charge < -0.3 is 19.9 Å². The monoisotopic (exact) mass is 265 g/mol. The van der Waals surface area contributed by atoms with E-state index in [4.69, 9.17) is 14.6 Å². The van der Waals surface area contributed by atoms with Gasteiger partial charge in [-0.25, -0.2) is 0 Å². The molecule has 0 radical (unpaired) electrons. The van der Waals surface area contributed by atoms with Crippen LogP contribution in [0.4, 0.5) is 0 Å². The zero-order valence-corrected chi connectivity index (χ0v) is 11.4. The number of rotatable bonds is 7. The molecule has 19 heavy (non-hydrogen) atoms. The summed E-state index contributed by atoms with van der Waals surface area (Å²) >= 11 is 0. The summed E-state index contributed by atoms with van der Waals surface area (Å²) in [7, 11) is 0. The largest absolute Gasteiger partial charge is 0.490 e. The van der Waals surface area contributed by atoms with Crippen LogP contribution in [0.1, 0.15) is 24.8 Å². The van der Waals surface area contributed by atoms with E-state index >= 15 is 0 Å². The van der Waals surface area contributed by atoms with Gasteiger partial charge in [0.15, 0.2) is 11.5 Å². The predicted molar refractivity (Wildman–Crippen MR) is 74.9 cm³/mol. The Kier molecular flexibility index (Phi) is 5.98. The van der Waals surface area contributed by atoms with Crippen LogP contribution in [0, 0.1) is 0 Å². The van der Waals surface area contributed by atoms with Crippen molar-refractivity contribution in [3.05, 3.63) is 23.8 Å². The maximum absolute atomic E-state index is 8.68. The molecule has 2 N–H and O–H groups in total. The van der Waals surface area contributed by atoms with Gasteiger partial charge in [-0.15, -0.1) is 0 Å². The van der Waals surface area contributed by atoms with Gasteiger partial charge in [-0.2, -0.15) is 0 Å². The number of aliphatic hydroxyl groups is 1. The average Bonchev–Trinajstić information content (AvgIpc) is 2.67. The summed E-state index contributed by atoms with van der Waals surface area (Å²) in [6.45, 7) is 3.66. The summed E-state index contributed by atoms with van der Waals surface area (Å²) < 4.78 is 11.3. The van der Waals surface area contributed by atoms with E-state index in [1.165, 1.54) is 5.56 Å². The number of aliphatic hydroxyl groups excluding tert-OH is 1. The number of ether oxygens (including phenoxy) is 2. The van der Waals surface area contributed by atoms with Crippen LogP contribution in [-0.2, 0) is 6.42 Å². The van der Waals surface area contributed by atoms with Crippen molar-refractivity contribution >= 4 is 0 Å². The summed E-state index contributed by atoms with van der Waals surface area (Å²) in [6.07, 6.45) is 3.82. The lowest BCUT2D eigenvalue weighted by molar-refractivity contribution is 0.284. The number of benzene rings is 1. The van der Waals surface area contributed by atoms with E-state index in [2.05, 4.69) is 17.4 Å². The van der Waals surface area contributed by atoms with Gasteiger partial charge in [-0.1, -0.05) is 6.07 Å². The smallest absolute Gasteiger partial charge is 0.161 e. The van der Waals surface area contributed by atoms with Gasteiger partial charge in [0.2, 0.25) is 0 Å². The molecule has 106 valence electrons. The highest BCUT2D eigenvalue weighted by Crippen LogP contribution is 2.30. The molecule has 0 spiro atoms. The van der Waals surface area contributed by atoms with E-state index in [1.807, 2.05) is 6.07 Å². The van der Waals surface area contributed by atoms with Gasteiger partial charge in [-0.05, 0) is 50.0 Å². The molecule has 4 heteroatoms. The second kappa shape index (κ2) is 8.02. The molecule has 0 bridgehead atoms. The Hall–Kier alpha value is -1.26. The highest BCUT2D eigenvalue weighted by Gasteiger charge is 2.10. The Bertz CT molecular complexity index is 382. The van der Waals surface area contributed by atoms with Crippen molar-refractivity contribution in [2.45, 2.75) is 25.7 Å². The van der Waals surface area contributed by atoms with Gasteiger partial charge >= 0.3 is 0 Å². The minimum Gasteiger partial charge on any atom is -0.490 e. The molecule has 1 aliphatic rings. The molecule has 2 rings (SSSR count). The van der Waals surface area contributed by atoms with Crippen LogP contribution >= 0.6 is 0 Å². The fourth-order valence-corrected chi connectivity index (χ4v) is 2.08. The molecule has 0 amide bonds. The molecule has 4 nitrogen and oxygen atoms in total. The molecule has 0 unspecified atom stereocenters. The number of hydrogen-bond donors (Lipinski definition) is 2. The Morgan fingerprint density at radius 1 is 1.05 bits per heavy atom. The normalized spacial score (nSPS) is 14.2. The van der Waals surface area contributed by atoms with E-state index in [0.717, 1.165) is 63.5 Å². The highest BCUT2D eigenvalue weighted by atomic mass is 16.5. The van der Waals surface area contributed by atoms with Gasteiger partial charge in [0.05, 0.1) is 13.2 Å². The molecular formula is C15H23NO3. The Morgan fingerprint density at radius 2 is 1.89 bits per heavy atom. The van der Waals surface area contributed by atoms with Gasteiger partial charge in [0, 0.05) is 13.0 Å². The Balaban J connectivity index is 1.76. The maximum atomic E-state index is 8.68. The van der Waals surface area contributed by atoms with Crippen molar-refractivity contribution < 1.29 is 14.6 Å². The SMILES string of the molecule is OCCCCNCCc1ccc2c(c1)OCCCO2. The summed E-state index contributed by atoms with van der Waals surface area (Å²) in [4.78, 5) is 0. The Labute approximate surface area is 114 Å².